The van der Waals surface area contributed by atoms with E-state index in [1.54, 1.807) is 5.38 Å². The van der Waals surface area contributed by atoms with E-state index in [0.717, 1.165) is 11.6 Å². The summed E-state index contributed by atoms with van der Waals surface area (Å²) in [6, 6.07) is 8.52. The first kappa shape index (κ1) is 14.2. The van der Waals surface area contributed by atoms with Crippen LogP contribution in [0, 0.1) is 0 Å². The molecule has 0 amide bonds. The van der Waals surface area contributed by atoms with Gasteiger partial charge >= 0.3 is 5.97 Å². The molecule has 1 aromatic heterocycles. The summed E-state index contributed by atoms with van der Waals surface area (Å²) >= 11 is 1.41. The molecule has 1 saturated heterocycles. The zero-order valence-corrected chi connectivity index (χ0v) is 12.6. The average Bonchev–Trinajstić information content (AvgIpc) is 3.11. The molecule has 4 nitrogen and oxygen atoms in total. The molecule has 0 spiro atoms. The van der Waals surface area contributed by atoms with Crippen LogP contribution in [0.2, 0.25) is 0 Å². The number of aromatic carboxylic acids is 1. The molecule has 3 rings (SSSR count). The number of rotatable bonds is 5. The number of aromatic nitrogens is 1. The molecule has 0 radical (unpaired) electrons. The van der Waals surface area contributed by atoms with Crippen molar-refractivity contribution in [1.82, 2.24) is 9.88 Å². The lowest BCUT2D eigenvalue weighted by Gasteiger charge is -2.15. The average molecular weight is 302 g/mol. The summed E-state index contributed by atoms with van der Waals surface area (Å²) in [5, 5.41) is 11.4. The van der Waals surface area contributed by atoms with E-state index in [2.05, 4.69) is 34.1 Å². The van der Waals surface area contributed by atoms with Crippen LogP contribution in [0.5, 0.6) is 0 Å². The molecule has 1 fully saturated rings. The number of carboxylic acid groups (broad SMARTS) is 1. The van der Waals surface area contributed by atoms with Crippen LogP contribution in [0.25, 0.3) is 0 Å². The minimum Gasteiger partial charge on any atom is -0.476 e. The van der Waals surface area contributed by atoms with Gasteiger partial charge in [0.15, 0.2) is 5.69 Å². The van der Waals surface area contributed by atoms with Crippen molar-refractivity contribution < 1.29 is 9.90 Å². The number of hydrogen-bond acceptors (Lipinski definition) is 4. The Morgan fingerprint density at radius 1 is 1.29 bits per heavy atom. The van der Waals surface area contributed by atoms with Gasteiger partial charge in [0, 0.05) is 18.3 Å². The van der Waals surface area contributed by atoms with Crippen LogP contribution < -0.4 is 0 Å². The Kier molecular flexibility index (Phi) is 4.31. The Balaban J connectivity index is 1.68. The maximum atomic E-state index is 10.9. The molecule has 0 unspecified atom stereocenters. The SMILES string of the molecule is O=C(O)c1csc(Cc2cccc(CN3CCCC3)c2)n1. The number of hydrogen-bond donors (Lipinski definition) is 1. The number of thiazole rings is 1. The highest BCUT2D eigenvalue weighted by Gasteiger charge is 2.12. The zero-order chi connectivity index (χ0) is 14.7. The summed E-state index contributed by atoms with van der Waals surface area (Å²) in [4.78, 5) is 17.5. The van der Waals surface area contributed by atoms with Gasteiger partial charge in [0.25, 0.3) is 0 Å². The molecule has 1 aromatic carbocycles. The molecule has 0 bridgehead atoms. The van der Waals surface area contributed by atoms with E-state index in [9.17, 15) is 4.79 Å². The normalized spacial score (nSPS) is 15.4. The van der Waals surface area contributed by atoms with Crippen LogP contribution in [0.3, 0.4) is 0 Å². The molecule has 2 heterocycles. The highest BCUT2D eigenvalue weighted by atomic mass is 32.1. The summed E-state index contributed by atoms with van der Waals surface area (Å²) in [6.45, 7) is 3.39. The van der Waals surface area contributed by atoms with Gasteiger partial charge in [-0.25, -0.2) is 9.78 Å². The summed E-state index contributed by atoms with van der Waals surface area (Å²) in [7, 11) is 0. The Bertz CT molecular complexity index is 633. The first-order valence-corrected chi connectivity index (χ1v) is 8.06. The van der Waals surface area contributed by atoms with Gasteiger partial charge in [0.05, 0.1) is 5.01 Å². The highest BCUT2D eigenvalue weighted by Crippen LogP contribution is 2.18. The van der Waals surface area contributed by atoms with Gasteiger partial charge in [0.2, 0.25) is 0 Å². The number of carboxylic acids is 1. The van der Waals surface area contributed by atoms with Crippen molar-refractivity contribution in [3.05, 3.63) is 51.5 Å². The Labute approximate surface area is 128 Å². The molecule has 1 aliphatic rings. The van der Waals surface area contributed by atoms with Gasteiger partial charge in [-0.3, -0.25) is 4.90 Å². The Hall–Kier alpha value is -1.72. The van der Waals surface area contributed by atoms with Crippen LogP contribution in [0.15, 0.2) is 29.6 Å². The van der Waals surface area contributed by atoms with Crippen molar-refractivity contribution in [3.8, 4) is 0 Å². The molecule has 5 heteroatoms. The fourth-order valence-corrected chi connectivity index (χ4v) is 3.50. The molecular formula is C16H18N2O2S. The molecule has 110 valence electrons. The number of nitrogens with zero attached hydrogens (tertiary/aromatic N) is 2. The van der Waals surface area contributed by atoms with E-state index in [-0.39, 0.29) is 5.69 Å². The second-order valence-corrected chi connectivity index (χ2v) is 6.35. The monoisotopic (exact) mass is 302 g/mol. The van der Waals surface area contributed by atoms with Crippen molar-refractivity contribution in [2.24, 2.45) is 0 Å². The predicted molar refractivity (Wildman–Crippen MR) is 82.8 cm³/mol. The van der Waals surface area contributed by atoms with Crippen molar-refractivity contribution in [2.45, 2.75) is 25.8 Å². The fourth-order valence-electron chi connectivity index (χ4n) is 2.70. The van der Waals surface area contributed by atoms with Gasteiger partial charge in [-0.15, -0.1) is 11.3 Å². The maximum absolute atomic E-state index is 10.9. The lowest BCUT2D eigenvalue weighted by molar-refractivity contribution is 0.0691. The summed E-state index contributed by atoms with van der Waals surface area (Å²) in [5.41, 5.74) is 2.66. The van der Waals surface area contributed by atoms with E-state index in [4.69, 9.17) is 5.11 Å². The largest absolute Gasteiger partial charge is 0.476 e. The van der Waals surface area contributed by atoms with Gasteiger partial charge in [-0.1, -0.05) is 24.3 Å². The van der Waals surface area contributed by atoms with E-state index < -0.39 is 5.97 Å². The van der Waals surface area contributed by atoms with Crippen LogP contribution in [-0.4, -0.2) is 34.0 Å². The van der Waals surface area contributed by atoms with E-state index >= 15 is 0 Å². The van der Waals surface area contributed by atoms with Gasteiger partial charge in [0.1, 0.15) is 0 Å². The number of benzene rings is 1. The minimum atomic E-state index is -0.958. The zero-order valence-electron chi connectivity index (χ0n) is 11.8. The first-order chi connectivity index (χ1) is 10.2. The second kappa shape index (κ2) is 6.37. The highest BCUT2D eigenvalue weighted by molar-refractivity contribution is 7.09. The Morgan fingerprint density at radius 3 is 2.76 bits per heavy atom. The van der Waals surface area contributed by atoms with E-state index in [0.29, 0.717) is 6.42 Å². The van der Waals surface area contributed by atoms with Gasteiger partial charge < -0.3 is 5.11 Å². The molecule has 21 heavy (non-hydrogen) atoms. The molecule has 1 aliphatic heterocycles. The quantitative estimate of drug-likeness (QED) is 0.922. The summed E-state index contributed by atoms with van der Waals surface area (Å²) in [5.74, 6) is -0.958. The van der Waals surface area contributed by atoms with Crippen LogP contribution in [-0.2, 0) is 13.0 Å². The third kappa shape index (κ3) is 3.68. The smallest absolute Gasteiger partial charge is 0.355 e. The van der Waals surface area contributed by atoms with Crippen molar-refractivity contribution in [1.29, 1.82) is 0 Å². The molecule has 2 aromatic rings. The fraction of sp³-hybridized carbons (Fsp3) is 0.375. The lowest BCUT2D eigenvalue weighted by atomic mass is 10.1. The van der Waals surface area contributed by atoms with Crippen molar-refractivity contribution >= 4 is 17.3 Å². The summed E-state index contributed by atoms with van der Waals surface area (Å²) in [6.07, 6.45) is 3.30. The minimum absolute atomic E-state index is 0.142. The number of carbonyl (C=O) groups is 1. The van der Waals surface area contributed by atoms with Crippen LogP contribution >= 0.6 is 11.3 Å². The van der Waals surface area contributed by atoms with Crippen molar-refractivity contribution in [2.75, 3.05) is 13.1 Å². The predicted octanol–water partition coefficient (Wildman–Crippen LogP) is 3.03. The second-order valence-electron chi connectivity index (χ2n) is 5.41. The Morgan fingerprint density at radius 2 is 2.05 bits per heavy atom. The molecule has 1 N–H and O–H groups in total. The summed E-state index contributed by atoms with van der Waals surface area (Å²) < 4.78 is 0. The van der Waals surface area contributed by atoms with Gasteiger partial charge in [-0.2, -0.15) is 0 Å². The van der Waals surface area contributed by atoms with Crippen LogP contribution in [0.4, 0.5) is 0 Å². The van der Waals surface area contributed by atoms with E-state index in [1.165, 1.54) is 48.4 Å². The third-order valence-electron chi connectivity index (χ3n) is 3.72. The van der Waals surface area contributed by atoms with Crippen LogP contribution in [0.1, 0.15) is 39.5 Å². The van der Waals surface area contributed by atoms with Gasteiger partial charge in [-0.05, 0) is 37.1 Å². The standard InChI is InChI=1S/C16H18N2O2S/c19-16(20)14-11-21-15(17-14)9-12-4-3-5-13(8-12)10-18-6-1-2-7-18/h3-5,8,11H,1-2,6-7,9-10H2,(H,19,20). The number of likely N-dealkylation sites (tertiary alicyclic amines) is 1. The molecule has 0 aliphatic carbocycles. The lowest BCUT2D eigenvalue weighted by Crippen LogP contribution is -2.18. The maximum Gasteiger partial charge on any atom is 0.355 e. The molecular weight excluding hydrogens is 284 g/mol. The van der Waals surface area contributed by atoms with Crippen molar-refractivity contribution in [3.63, 3.8) is 0 Å². The third-order valence-corrected chi connectivity index (χ3v) is 4.57. The molecule has 0 saturated carbocycles. The molecule has 0 atom stereocenters. The first-order valence-electron chi connectivity index (χ1n) is 7.18. The topological polar surface area (TPSA) is 53.4 Å². The van der Waals surface area contributed by atoms with E-state index in [1.807, 2.05) is 0 Å².